The molecule has 1 aliphatic heterocycles. The van der Waals surface area contributed by atoms with E-state index in [0.717, 1.165) is 62.5 Å². The molecule has 1 saturated heterocycles. The normalized spacial score (nSPS) is 17.6. The van der Waals surface area contributed by atoms with Crippen molar-refractivity contribution in [3.8, 4) is 0 Å². The van der Waals surface area contributed by atoms with Crippen LogP contribution in [0.3, 0.4) is 0 Å². The maximum Gasteiger partial charge on any atom is 0.295 e. The molecular weight excluding hydrogens is 390 g/mol. The highest BCUT2D eigenvalue weighted by atomic mass is 16.2. The zero-order valence-electron chi connectivity index (χ0n) is 18.5. The van der Waals surface area contributed by atoms with E-state index in [-0.39, 0.29) is 18.5 Å². The zero-order valence-corrected chi connectivity index (χ0v) is 18.5. The summed E-state index contributed by atoms with van der Waals surface area (Å²) in [6.45, 7) is 4.29. The van der Waals surface area contributed by atoms with Gasteiger partial charge in [0.2, 0.25) is 5.91 Å². The SMILES string of the molecule is CCN(C(=O)C(=O)c1cn(CC(=O)N2CCCCC2)c2ccccc12)C1CCCCC1. The number of aromatic nitrogens is 1. The lowest BCUT2D eigenvalue weighted by atomic mass is 9.93. The predicted molar refractivity (Wildman–Crippen MR) is 121 cm³/mol. The van der Waals surface area contributed by atoms with Crippen LogP contribution in [0.4, 0.5) is 0 Å². The maximum absolute atomic E-state index is 13.3. The van der Waals surface area contributed by atoms with Crippen LogP contribution < -0.4 is 0 Å². The highest BCUT2D eigenvalue weighted by Gasteiger charge is 2.31. The van der Waals surface area contributed by atoms with Crippen LogP contribution in [-0.2, 0) is 16.1 Å². The minimum absolute atomic E-state index is 0.0724. The van der Waals surface area contributed by atoms with E-state index in [0.29, 0.717) is 12.1 Å². The van der Waals surface area contributed by atoms with Gasteiger partial charge in [-0.15, -0.1) is 0 Å². The summed E-state index contributed by atoms with van der Waals surface area (Å²) in [6.07, 6.45) is 10.3. The second-order valence-electron chi connectivity index (χ2n) is 8.84. The quantitative estimate of drug-likeness (QED) is 0.521. The zero-order chi connectivity index (χ0) is 21.8. The Labute approximate surface area is 184 Å². The smallest absolute Gasteiger partial charge is 0.295 e. The van der Waals surface area contributed by atoms with Crippen LogP contribution in [0.2, 0.25) is 0 Å². The third kappa shape index (κ3) is 4.53. The number of piperidine rings is 1. The van der Waals surface area contributed by atoms with Gasteiger partial charge in [0.25, 0.3) is 11.7 Å². The summed E-state index contributed by atoms with van der Waals surface area (Å²) in [7, 11) is 0. The first kappa shape index (κ1) is 21.6. The van der Waals surface area contributed by atoms with Gasteiger partial charge in [0.05, 0.1) is 5.56 Å². The minimum atomic E-state index is -0.465. The molecule has 2 heterocycles. The second kappa shape index (κ2) is 9.67. The molecule has 0 N–H and O–H groups in total. The van der Waals surface area contributed by atoms with Gasteiger partial charge in [0.1, 0.15) is 6.54 Å². The maximum atomic E-state index is 13.3. The molecule has 166 valence electrons. The lowest BCUT2D eigenvalue weighted by molar-refractivity contribution is -0.132. The molecule has 1 aliphatic carbocycles. The fraction of sp³-hybridized carbons (Fsp3) is 0.560. The van der Waals surface area contributed by atoms with Gasteiger partial charge in [-0.3, -0.25) is 14.4 Å². The van der Waals surface area contributed by atoms with Crippen LogP contribution in [0, 0.1) is 0 Å². The van der Waals surface area contributed by atoms with Crippen LogP contribution in [0.15, 0.2) is 30.5 Å². The van der Waals surface area contributed by atoms with Crippen molar-refractivity contribution in [2.75, 3.05) is 19.6 Å². The molecule has 2 fully saturated rings. The molecule has 6 nitrogen and oxygen atoms in total. The Balaban J connectivity index is 1.59. The van der Waals surface area contributed by atoms with Gasteiger partial charge in [-0.1, -0.05) is 37.5 Å². The Kier molecular flexibility index (Phi) is 6.73. The number of para-hydroxylation sites is 1. The van der Waals surface area contributed by atoms with Crippen molar-refractivity contribution in [1.29, 1.82) is 0 Å². The number of benzene rings is 1. The first-order chi connectivity index (χ1) is 15.1. The minimum Gasteiger partial charge on any atom is -0.341 e. The molecule has 6 heteroatoms. The van der Waals surface area contributed by atoms with Crippen molar-refractivity contribution in [2.24, 2.45) is 0 Å². The van der Waals surface area contributed by atoms with Crippen LogP contribution in [-0.4, -0.2) is 57.6 Å². The number of nitrogens with zero attached hydrogens (tertiary/aromatic N) is 3. The Morgan fingerprint density at radius 2 is 1.65 bits per heavy atom. The molecule has 4 rings (SSSR count). The molecule has 0 atom stereocenters. The van der Waals surface area contributed by atoms with Crippen molar-refractivity contribution in [3.05, 3.63) is 36.0 Å². The van der Waals surface area contributed by atoms with E-state index in [9.17, 15) is 14.4 Å². The number of amides is 2. The van der Waals surface area contributed by atoms with Crippen LogP contribution in [0.1, 0.15) is 68.6 Å². The van der Waals surface area contributed by atoms with Gasteiger partial charge >= 0.3 is 0 Å². The number of likely N-dealkylation sites (tertiary alicyclic amines) is 1. The summed E-state index contributed by atoms with van der Waals surface area (Å²) in [5.74, 6) is -0.810. The van der Waals surface area contributed by atoms with Crippen LogP contribution in [0.25, 0.3) is 10.9 Å². The van der Waals surface area contributed by atoms with E-state index in [4.69, 9.17) is 0 Å². The Morgan fingerprint density at radius 3 is 2.35 bits per heavy atom. The molecule has 0 radical (unpaired) electrons. The van der Waals surface area contributed by atoms with E-state index in [1.54, 1.807) is 11.1 Å². The number of Topliss-reactive ketones (excluding diaryl/α,β-unsaturated/α-hetero) is 1. The van der Waals surface area contributed by atoms with Crippen LogP contribution >= 0.6 is 0 Å². The topological polar surface area (TPSA) is 62.6 Å². The monoisotopic (exact) mass is 423 g/mol. The summed E-state index contributed by atoms with van der Waals surface area (Å²) in [5.41, 5.74) is 1.23. The first-order valence-electron chi connectivity index (χ1n) is 11.8. The Morgan fingerprint density at radius 1 is 0.968 bits per heavy atom. The number of fused-ring (bicyclic) bond motifs is 1. The summed E-state index contributed by atoms with van der Waals surface area (Å²) >= 11 is 0. The number of rotatable bonds is 6. The molecule has 2 amide bonds. The van der Waals surface area contributed by atoms with Crippen LogP contribution in [0.5, 0.6) is 0 Å². The number of hydrogen-bond donors (Lipinski definition) is 0. The van der Waals surface area contributed by atoms with E-state index < -0.39 is 11.7 Å². The molecule has 2 aliphatic rings. The average Bonchev–Trinajstić information content (AvgIpc) is 3.18. The Bertz CT molecular complexity index is 952. The largest absolute Gasteiger partial charge is 0.341 e. The molecule has 1 saturated carbocycles. The molecule has 0 bridgehead atoms. The fourth-order valence-corrected chi connectivity index (χ4v) is 5.15. The van der Waals surface area contributed by atoms with Gasteiger partial charge in [0, 0.05) is 42.8 Å². The summed E-state index contributed by atoms with van der Waals surface area (Å²) in [5, 5.41) is 0.743. The van der Waals surface area contributed by atoms with E-state index in [1.807, 2.05) is 40.7 Å². The first-order valence-corrected chi connectivity index (χ1v) is 11.8. The highest BCUT2D eigenvalue weighted by molar-refractivity contribution is 6.45. The van der Waals surface area contributed by atoms with E-state index >= 15 is 0 Å². The summed E-state index contributed by atoms with van der Waals surface area (Å²) in [6, 6.07) is 7.72. The fourth-order valence-electron chi connectivity index (χ4n) is 5.15. The van der Waals surface area contributed by atoms with Gasteiger partial charge < -0.3 is 14.4 Å². The molecule has 0 unspecified atom stereocenters. The van der Waals surface area contributed by atoms with Crippen molar-refractivity contribution in [1.82, 2.24) is 14.4 Å². The third-order valence-electron chi connectivity index (χ3n) is 6.86. The number of carbonyl (C=O) groups excluding carboxylic acids is 3. The van der Waals surface area contributed by atoms with Crippen molar-refractivity contribution < 1.29 is 14.4 Å². The molecule has 31 heavy (non-hydrogen) atoms. The van der Waals surface area contributed by atoms with Gasteiger partial charge in [-0.05, 0) is 45.1 Å². The van der Waals surface area contributed by atoms with Crippen molar-refractivity contribution in [2.45, 2.75) is 70.9 Å². The number of carbonyl (C=O) groups is 3. The highest BCUT2D eigenvalue weighted by Crippen LogP contribution is 2.26. The predicted octanol–water partition coefficient (Wildman–Crippen LogP) is 4.02. The molecule has 0 spiro atoms. The third-order valence-corrected chi connectivity index (χ3v) is 6.86. The number of hydrogen-bond acceptors (Lipinski definition) is 3. The van der Waals surface area contributed by atoms with Crippen molar-refractivity contribution in [3.63, 3.8) is 0 Å². The average molecular weight is 424 g/mol. The van der Waals surface area contributed by atoms with Gasteiger partial charge in [-0.25, -0.2) is 0 Å². The molecule has 1 aromatic carbocycles. The number of likely N-dealkylation sites (N-methyl/N-ethyl adjacent to an activating group) is 1. The molecule has 2 aromatic rings. The molecular formula is C25H33N3O3. The standard InChI is InChI=1S/C25H33N3O3/c1-2-28(19-11-5-3-6-12-19)25(31)24(30)21-17-27(22-14-8-7-13-20(21)22)18-23(29)26-15-9-4-10-16-26/h7-8,13-14,17,19H,2-6,9-12,15-16,18H2,1H3. The van der Waals surface area contributed by atoms with E-state index in [2.05, 4.69) is 0 Å². The number of ketones is 1. The summed E-state index contributed by atoms with van der Waals surface area (Å²) in [4.78, 5) is 43.0. The summed E-state index contributed by atoms with van der Waals surface area (Å²) < 4.78 is 1.84. The van der Waals surface area contributed by atoms with Gasteiger partial charge in [-0.2, -0.15) is 0 Å². The lowest BCUT2D eigenvalue weighted by Gasteiger charge is -2.33. The lowest BCUT2D eigenvalue weighted by Crippen LogP contribution is -2.44. The van der Waals surface area contributed by atoms with Crippen molar-refractivity contribution >= 4 is 28.5 Å². The van der Waals surface area contributed by atoms with E-state index in [1.165, 1.54) is 12.8 Å². The molecule has 1 aromatic heterocycles. The Hall–Kier alpha value is -2.63. The van der Waals surface area contributed by atoms with Gasteiger partial charge in [0.15, 0.2) is 0 Å². The second-order valence-corrected chi connectivity index (χ2v) is 8.84.